The maximum Gasteiger partial charge on any atom is 0.135 e. The van der Waals surface area contributed by atoms with Gasteiger partial charge in [-0.25, -0.2) is 9.97 Å². The number of nitrogens with one attached hydrogen (secondary N) is 2. The molecule has 0 atom stereocenters. The molecule has 0 fully saturated rings. The van der Waals surface area contributed by atoms with Crippen molar-refractivity contribution < 1.29 is 0 Å². The number of aromatic nitrogens is 2. The van der Waals surface area contributed by atoms with Gasteiger partial charge >= 0.3 is 0 Å². The van der Waals surface area contributed by atoms with Crippen LogP contribution in [0.25, 0.3) is 0 Å². The summed E-state index contributed by atoms with van der Waals surface area (Å²) in [6.45, 7) is 7.00. The average Bonchev–Trinajstić information content (AvgIpc) is 2.57. The van der Waals surface area contributed by atoms with Crippen LogP contribution in [-0.4, -0.2) is 9.97 Å². The zero-order valence-electron chi connectivity index (χ0n) is 14.3. The minimum atomic E-state index is 0.738. The van der Waals surface area contributed by atoms with Gasteiger partial charge in [0.05, 0.1) is 0 Å². The minimum absolute atomic E-state index is 0.738. The summed E-state index contributed by atoms with van der Waals surface area (Å²) >= 11 is 0. The normalized spacial score (nSPS) is 10.5. The largest absolute Gasteiger partial charge is 0.366 e. The zero-order chi connectivity index (χ0) is 16.9. The molecule has 24 heavy (non-hydrogen) atoms. The Hall–Kier alpha value is -2.88. The molecule has 0 spiro atoms. The van der Waals surface area contributed by atoms with Crippen LogP contribution < -0.4 is 10.6 Å². The number of hydrogen-bond acceptors (Lipinski definition) is 4. The lowest BCUT2D eigenvalue weighted by molar-refractivity contribution is 1.08. The van der Waals surface area contributed by atoms with E-state index in [0.717, 1.165) is 23.9 Å². The van der Waals surface area contributed by atoms with Gasteiger partial charge < -0.3 is 10.6 Å². The maximum absolute atomic E-state index is 4.31. The van der Waals surface area contributed by atoms with Crippen LogP contribution >= 0.6 is 0 Å². The van der Waals surface area contributed by atoms with Crippen LogP contribution in [-0.2, 0) is 6.54 Å². The van der Waals surface area contributed by atoms with Crippen LogP contribution in [0, 0.1) is 20.8 Å². The highest BCUT2D eigenvalue weighted by molar-refractivity contribution is 5.63. The van der Waals surface area contributed by atoms with Crippen LogP contribution in [0.4, 0.5) is 17.3 Å². The Morgan fingerprint density at radius 3 is 2.46 bits per heavy atom. The molecule has 0 saturated heterocycles. The van der Waals surface area contributed by atoms with E-state index in [1.165, 1.54) is 22.3 Å². The molecule has 3 aromatic rings. The number of hydrogen-bond donors (Lipinski definition) is 2. The highest BCUT2D eigenvalue weighted by atomic mass is 15.1. The molecule has 122 valence electrons. The van der Waals surface area contributed by atoms with Crippen molar-refractivity contribution >= 4 is 17.3 Å². The first-order chi connectivity index (χ1) is 11.6. The summed E-state index contributed by atoms with van der Waals surface area (Å²) in [5, 5.41) is 6.72. The number of rotatable bonds is 5. The summed E-state index contributed by atoms with van der Waals surface area (Å²) in [4.78, 5) is 8.61. The van der Waals surface area contributed by atoms with Gasteiger partial charge in [0, 0.05) is 18.3 Å². The third-order valence-electron chi connectivity index (χ3n) is 3.88. The van der Waals surface area contributed by atoms with E-state index < -0.39 is 0 Å². The first-order valence-corrected chi connectivity index (χ1v) is 8.06. The standard InChI is InChI=1S/C20H22N4/c1-14-5-4-6-17(9-14)12-21-19-11-20(23-13-22-19)24-18-10-15(2)7-8-16(18)3/h4-11,13H,12H2,1-3H3,(H2,21,22,23,24). The van der Waals surface area contributed by atoms with Crippen molar-refractivity contribution in [1.29, 1.82) is 0 Å². The second-order valence-electron chi connectivity index (χ2n) is 6.07. The topological polar surface area (TPSA) is 49.8 Å². The molecule has 0 saturated carbocycles. The lowest BCUT2D eigenvalue weighted by atomic mass is 10.1. The SMILES string of the molecule is Cc1cccc(CNc2cc(Nc3cc(C)ccc3C)ncn2)c1. The van der Waals surface area contributed by atoms with Crippen molar-refractivity contribution in [3.63, 3.8) is 0 Å². The van der Waals surface area contributed by atoms with Gasteiger partial charge in [0.2, 0.25) is 0 Å². The molecule has 0 aliphatic rings. The number of anilines is 3. The van der Waals surface area contributed by atoms with Gasteiger partial charge in [0.25, 0.3) is 0 Å². The molecule has 0 amide bonds. The van der Waals surface area contributed by atoms with Crippen molar-refractivity contribution in [2.24, 2.45) is 0 Å². The fourth-order valence-corrected chi connectivity index (χ4v) is 2.55. The van der Waals surface area contributed by atoms with Crippen molar-refractivity contribution in [1.82, 2.24) is 9.97 Å². The molecule has 0 aliphatic carbocycles. The van der Waals surface area contributed by atoms with Gasteiger partial charge in [-0.05, 0) is 43.5 Å². The summed E-state index contributed by atoms with van der Waals surface area (Å²) in [6.07, 6.45) is 1.58. The molecule has 2 N–H and O–H groups in total. The van der Waals surface area contributed by atoms with Gasteiger partial charge in [0.15, 0.2) is 0 Å². The Labute approximate surface area is 143 Å². The van der Waals surface area contributed by atoms with Gasteiger partial charge in [-0.3, -0.25) is 0 Å². The lowest BCUT2D eigenvalue weighted by Crippen LogP contribution is -2.03. The number of benzene rings is 2. The Bertz CT molecular complexity index is 843. The van der Waals surface area contributed by atoms with Gasteiger partial charge in [-0.1, -0.05) is 42.0 Å². The molecule has 4 heteroatoms. The van der Waals surface area contributed by atoms with E-state index in [9.17, 15) is 0 Å². The second-order valence-corrected chi connectivity index (χ2v) is 6.07. The lowest BCUT2D eigenvalue weighted by Gasteiger charge is -2.11. The molecule has 2 aromatic carbocycles. The molecule has 1 heterocycles. The van der Waals surface area contributed by atoms with E-state index in [1.54, 1.807) is 6.33 Å². The third-order valence-corrected chi connectivity index (χ3v) is 3.88. The fraction of sp³-hybridized carbons (Fsp3) is 0.200. The summed E-state index contributed by atoms with van der Waals surface area (Å²) < 4.78 is 0. The highest BCUT2D eigenvalue weighted by Crippen LogP contribution is 2.21. The molecular weight excluding hydrogens is 296 g/mol. The van der Waals surface area contributed by atoms with Crippen LogP contribution in [0.5, 0.6) is 0 Å². The highest BCUT2D eigenvalue weighted by Gasteiger charge is 2.03. The Balaban J connectivity index is 1.71. The van der Waals surface area contributed by atoms with Crippen LogP contribution in [0.1, 0.15) is 22.3 Å². The molecule has 0 bridgehead atoms. The Kier molecular flexibility index (Phi) is 4.75. The van der Waals surface area contributed by atoms with Crippen molar-refractivity contribution in [3.05, 3.63) is 77.1 Å². The molecule has 3 rings (SSSR count). The van der Waals surface area contributed by atoms with Crippen molar-refractivity contribution in [2.75, 3.05) is 10.6 Å². The minimum Gasteiger partial charge on any atom is -0.366 e. The van der Waals surface area contributed by atoms with E-state index in [4.69, 9.17) is 0 Å². The first-order valence-electron chi connectivity index (χ1n) is 8.06. The molecule has 4 nitrogen and oxygen atoms in total. The van der Waals surface area contributed by atoms with E-state index in [1.807, 2.05) is 6.07 Å². The first kappa shape index (κ1) is 16.0. The molecular formula is C20H22N4. The molecule has 0 unspecified atom stereocenters. The van der Waals surface area contributed by atoms with Gasteiger partial charge in [-0.2, -0.15) is 0 Å². The van der Waals surface area contributed by atoms with Crippen molar-refractivity contribution in [3.8, 4) is 0 Å². The smallest absolute Gasteiger partial charge is 0.135 e. The molecule has 1 aromatic heterocycles. The number of aryl methyl sites for hydroxylation is 3. The van der Waals surface area contributed by atoms with E-state index in [2.05, 4.69) is 83.8 Å². The number of nitrogens with zero attached hydrogens (tertiary/aromatic N) is 2. The predicted octanol–water partition coefficient (Wildman–Crippen LogP) is 4.76. The summed E-state index contributed by atoms with van der Waals surface area (Å²) in [6, 6.07) is 16.7. The van der Waals surface area contributed by atoms with Crippen LogP contribution in [0.15, 0.2) is 54.9 Å². The van der Waals surface area contributed by atoms with Gasteiger partial charge in [0.1, 0.15) is 18.0 Å². The Morgan fingerprint density at radius 1 is 0.833 bits per heavy atom. The monoisotopic (exact) mass is 318 g/mol. The third kappa shape index (κ3) is 4.10. The summed E-state index contributed by atoms with van der Waals surface area (Å²) in [7, 11) is 0. The quantitative estimate of drug-likeness (QED) is 0.712. The molecule has 0 aliphatic heterocycles. The molecule has 0 radical (unpaired) electrons. The second kappa shape index (κ2) is 7.13. The van der Waals surface area contributed by atoms with Crippen LogP contribution in [0.3, 0.4) is 0 Å². The average molecular weight is 318 g/mol. The maximum atomic E-state index is 4.31. The van der Waals surface area contributed by atoms with Crippen molar-refractivity contribution in [2.45, 2.75) is 27.3 Å². The van der Waals surface area contributed by atoms with E-state index in [0.29, 0.717) is 0 Å². The fourth-order valence-electron chi connectivity index (χ4n) is 2.55. The zero-order valence-corrected chi connectivity index (χ0v) is 14.3. The predicted molar refractivity (Wildman–Crippen MR) is 99.7 cm³/mol. The van der Waals surface area contributed by atoms with Crippen LogP contribution in [0.2, 0.25) is 0 Å². The van der Waals surface area contributed by atoms with Gasteiger partial charge in [-0.15, -0.1) is 0 Å². The van der Waals surface area contributed by atoms with E-state index in [-0.39, 0.29) is 0 Å². The van der Waals surface area contributed by atoms with E-state index >= 15 is 0 Å². The summed E-state index contributed by atoms with van der Waals surface area (Å²) in [5.74, 6) is 1.59. The summed E-state index contributed by atoms with van der Waals surface area (Å²) in [5.41, 5.74) is 5.97. The Morgan fingerprint density at radius 2 is 1.62 bits per heavy atom.